The highest BCUT2D eigenvalue weighted by molar-refractivity contribution is 5.89. The molecule has 4 heterocycles. The average molecular weight is 394 g/mol. The molecule has 0 amide bonds. The SMILES string of the molecule is CCC1(O)C(=O)OCc2c1cc1n(c2=O)Cc2cc3c(CO)c(O)ccc3nc2-1. The predicted molar refractivity (Wildman–Crippen MR) is 102 cm³/mol. The lowest BCUT2D eigenvalue weighted by Gasteiger charge is -2.31. The topological polar surface area (TPSA) is 122 Å². The number of hydrogen-bond donors (Lipinski definition) is 3. The number of carbonyl (C=O) groups is 1. The Labute approximate surface area is 164 Å². The van der Waals surface area contributed by atoms with Gasteiger partial charge >= 0.3 is 5.97 Å². The molecule has 1 unspecified atom stereocenters. The van der Waals surface area contributed by atoms with Gasteiger partial charge in [0.1, 0.15) is 12.4 Å². The first-order chi connectivity index (χ1) is 13.9. The van der Waals surface area contributed by atoms with Gasteiger partial charge in [-0.1, -0.05) is 6.92 Å². The van der Waals surface area contributed by atoms with Crippen LogP contribution in [-0.2, 0) is 34.9 Å². The fraction of sp³-hybridized carbons (Fsp3) is 0.286. The van der Waals surface area contributed by atoms with Crippen molar-refractivity contribution in [1.29, 1.82) is 0 Å². The number of phenols is 1. The summed E-state index contributed by atoms with van der Waals surface area (Å²) in [5.74, 6) is -0.779. The Balaban J connectivity index is 1.79. The van der Waals surface area contributed by atoms with Crippen LogP contribution in [0, 0.1) is 0 Å². The Kier molecular flexibility index (Phi) is 3.62. The van der Waals surface area contributed by atoms with Crippen molar-refractivity contribution in [2.45, 2.75) is 38.7 Å². The third-order valence-corrected chi connectivity index (χ3v) is 5.94. The molecule has 0 saturated heterocycles. The van der Waals surface area contributed by atoms with Crippen LogP contribution in [0.5, 0.6) is 5.75 Å². The molecular formula is C21H18N2O6. The minimum absolute atomic E-state index is 0.0198. The van der Waals surface area contributed by atoms with Gasteiger partial charge in [-0.15, -0.1) is 0 Å². The number of cyclic esters (lactones) is 1. The second kappa shape index (κ2) is 5.88. The van der Waals surface area contributed by atoms with Crippen molar-refractivity contribution in [1.82, 2.24) is 9.55 Å². The van der Waals surface area contributed by atoms with Crippen molar-refractivity contribution in [3.63, 3.8) is 0 Å². The lowest BCUT2D eigenvalue weighted by Crippen LogP contribution is -2.44. The summed E-state index contributed by atoms with van der Waals surface area (Å²) in [4.78, 5) is 30.0. The molecule has 0 aliphatic carbocycles. The maximum Gasteiger partial charge on any atom is 0.343 e. The number of esters is 1. The Morgan fingerprint density at radius 1 is 1.28 bits per heavy atom. The Bertz CT molecular complexity index is 1280. The highest BCUT2D eigenvalue weighted by atomic mass is 16.6. The van der Waals surface area contributed by atoms with E-state index in [1.54, 1.807) is 23.6 Å². The molecule has 5 rings (SSSR count). The molecule has 3 N–H and O–H groups in total. The van der Waals surface area contributed by atoms with Gasteiger partial charge in [0.05, 0.1) is 35.6 Å². The van der Waals surface area contributed by atoms with Crippen LogP contribution in [0.3, 0.4) is 0 Å². The van der Waals surface area contributed by atoms with E-state index in [-0.39, 0.29) is 48.6 Å². The van der Waals surface area contributed by atoms with E-state index in [0.29, 0.717) is 27.9 Å². The molecule has 0 bridgehead atoms. The van der Waals surface area contributed by atoms with Gasteiger partial charge in [-0.2, -0.15) is 0 Å². The van der Waals surface area contributed by atoms with Gasteiger partial charge in [0.2, 0.25) is 0 Å². The summed E-state index contributed by atoms with van der Waals surface area (Å²) in [6.07, 6.45) is 0.0822. The molecule has 1 atom stereocenters. The summed E-state index contributed by atoms with van der Waals surface area (Å²) in [5.41, 5.74) is 1.13. The number of benzene rings is 1. The van der Waals surface area contributed by atoms with E-state index < -0.39 is 11.6 Å². The van der Waals surface area contributed by atoms with Crippen molar-refractivity contribution in [2.24, 2.45) is 0 Å². The lowest BCUT2D eigenvalue weighted by atomic mass is 9.86. The van der Waals surface area contributed by atoms with Crippen molar-refractivity contribution in [3.8, 4) is 17.1 Å². The molecule has 8 heteroatoms. The Morgan fingerprint density at radius 2 is 2.07 bits per heavy atom. The van der Waals surface area contributed by atoms with Gasteiger partial charge in [0.15, 0.2) is 5.60 Å². The molecule has 0 saturated carbocycles. The highest BCUT2D eigenvalue weighted by Gasteiger charge is 2.45. The molecule has 0 fully saturated rings. The van der Waals surface area contributed by atoms with Crippen molar-refractivity contribution < 1.29 is 24.9 Å². The standard InChI is InChI=1S/C21H18N2O6/c1-2-21(28)14-6-16-18-10(7-23(16)19(26)13(14)9-29-20(21)27)5-11-12(8-24)17(25)4-3-15(11)22-18/h3-6,24-25,28H,2,7-9H2,1H3. The normalized spacial score (nSPS) is 19.6. The van der Waals surface area contributed by atoms with Crippen LogP contribution in [0.15, 0.2) is 29.1 Å². The van der Waals surface area contributed by atoms with E-state index in [2.05, 4.69) is 4.98 Å². The number of aliphatic hydroxyl groups is 2. The monoisotopic (exact) mass is 394 g/mol. The molecule has 2 aliphatic rings. The molecular weight excluding hydrogens is 376 g/mol. The number of nitrogens with zero attached hydrogens (tertiary/aromatic N) is 2. The number of hydrogen-bond acceptors (Lipinski definition) is 7. The summed E-state index contributed by atoms with van der Waals surface area (Å²) in [6, 6.07) is 6.57. The fourth-order valence-electron chi connectivity index (χ4n) is 4.27. The molecule has 8 nitrogen and oxygen atoms in total. The lowest BCUT2D eigenvalue weighted by molar-refractivity contribution is -0.172. The smallest absolute Gasteiger partial charge is 0.343 e. The number of rotatable bonds is 2. The highest BCUT2D eigenvalue weighted by Crippen LogP contribution is 2.39. The summed E-state index contributed by atoms with van der Waals surface area (Å²) in [7, 11) is 0. The van der Waals surface area contributed by atoms with Crippen LogP contribution >= 0.6 is 0 Å². The Morgan fingerprint density at radius 3 is 2.79 bits per heavy atom. The fourth-order valence-corrected chi connectivity index (χ4v) is 4.27. The van der Waals surface area contributed by atoms with E-state index in [0.717, 1.165) is 5.56 Å². The van der Waals surface area contributed by atoms with Gasteiger partial charge in [0, 0.05) is 22.1 Å². The molecule has 0 radical (unpaired) electrons. The molecule has 2 aromatic heterocycles. The summed E-state index contributed by atoms with van der Waals surface area (Å²) >= 11 is 0. The number of aliphatic hydroxyl groups excluding tert-OH is 1. The third kappa shape index (κ3) is 2.24. The first-order valence-electron chi connectivity index (χ1n) is 9.31. The minimum atomic E-state index is -1.86. The first kappa shape index (κ1) is 17.8. The molecule has 2 aliphatic heterocycles. The van der Waals surface area contributed by atoms with E-state index in [1.807, 2.05) is 6.07 Å². The van der Waals surface area contributed by atoms with Gasteiger partial charge < -0.3 is 24.6 Å². The number of pyridine rings is 2. The van der Waals surface area contributed by atoms with Gasteiger partial charge in [-0.05, 0) is 30.7 Å². The second-order valence-electron chi connectivity index (χ2n) is 7.39. The van der Waals surface area contributed by atoms with E-state index >= 15 is 0 Å². The van der Waals surface area contributed by atoms with E-state index in [1.165, 1.54) is 6.07 Å². The maximum absolute atomic E-state index is 13.1. The van der Waals surface area contributed by atoms with Crippen LogP contribution in [0.25, 0.3) is 22.3 Å². The van der Waals surface area contributed by atoms with Crippen LogP contribution in [0.4, 0.5) is 0 Å². The van der Waals surface area contributed by atoms with Gasteiger partial charge in [-0.3, -0.25) is 4.79 Å². The van der Waals surface area contributed by atoms with Crippen molar-refractivity contribution >= 4 is 16.9 Å². The summed E-state index contributed by atoms with van der Waals surface area (Å²) < 4.78 is 6.61. The maximum atomic E-state index is 13.1. The van der Waals surface area contributed by atoms with Crippen molar-refractivity contribution in [3.05, 3.63) is 56.9 Å². The van der Waals surface area contributed by atoms with E-state index in [9.17, 15) is 24.9 Å². The van der Waals surface area contributed by atoms with Gasteiger partial charge in [-0.25, -0.2) is 9.78 Å². The van der Waals surface area contributed by atoms with Crippen LogP contribution in [0.2, 0.25) is 0 Å². The second-order valence-corrected chi connectivity index (χ2v) is 7.39. The number of aromatic hydroxyl groups is 1. The zero-order valence-electron chi connectivity index (χ0n) is 15.6. The summed E-state index contributed by atoms with van der Waals surface area (Å²) in [5, 5.41) is 31.1. The van der Waals surface area contributed by atoms with Crippen LogP contribution < -0.4 is 5.56 Å². The molecule has 29 heavy (non-hydrogen) atoms. The molecule has 0 spiro atoms. The average Bonchev–Trinajstić information content (AvgIpc) is 3.08. The predicted octanol–water partition coefficient (Wildman–Crippen LogP) is 1.28. The quantitative estimate of drug-likeness (QED) is 0.438. The molecule has 3 aromatic rings. The van der Waals surface area contributed by atoms with Crippen molar-refractivity contribution in [2.75, 3.05) is 0 Å². The zero-order chi connectivity index (χ0) is 20.5. The molecule has 148 valence electrons. The summed E-state index contributed by atoms with van der Waals surface area (Å²) in [6.45, 7) is 1.40. The largest absolute Gasteiger partial charge is 0.508 e. The zero-order valence-corrected chi connectivity index (χ0v) is 15.6. The minimum Gasteiger partial charge on any atom is -0.508 e. The van der Waals surface area contributed by atoms with Crippen LogP contribution in [-0.4, -0.2) is 30.8 Å². The Hall–Kier alpha value is -3.23. The third-order valence-electron chi connectivity index (χ3n) is 5.94. The van der Waals surface area contributed by atoms with Gasteiger partial charge in [0.25, 0.3) is 5.56 Å². The number of fused-ring (bicyclic) bond motifs is 5. The molecule has 1 aromatic carbocycles. The number of aromatic nitrogens is 2. The van der Waals surface area contributed by atoms with E-state index in [4.69, 9.17) is 4.74 Å². The first-order valence-corrected chi connectivity index (χ1v) is 9.31. The van der Waals surface area contributed by atoms with Crippen LogP contribution in [0.1, 0.15) is 35.6 Å². The number of ether oxygens (including phenoxy) is 1. The number of carbonyl (C=O) groups excluding carboxylic acids is 1.